The van der Waals surface area contributed by atoms with Gasteiger partial charge in [0.05, 0.1) is 19.6 Å². The highest BCUT2D eigenvalue weighted by atomic mass is 16.4. The van der Waals surface area contributed by atoms with Crippen molar-refractivity contribution in [2.45, 2.75) is 32.2 Å². The van der Waals surface area contributed by atoms with E-state index >= 15 is 0 Å². The third kappa shape index (κ3) is 9.86. The van der Waals surface area contributed by atoms with E-state index in [2.05, 4.69) is 5.32 Å². The molecule has 0 aromatic heterocycles. The quantitative estimate of drug-likeness (QED) is 0.221. The number of hydrogen-bond acceptors (Lipinski definition) is 7. The maximum absolute atomic E-state index is 11.3. The van der Waals surface area contributed by atoms with E-state index < -0.39 is 23.4 Å². The van der Waals surface area contributed by atoms with Gasteiger partial charge < -0.3 is 20.4 Å². The molecule has 1 saturated heterocycles. The number of aliphatic hydroxyl groups is 1. The van der Waals surface area contributed by atoms with Crippen molar-refractivity contribution >= 4 is 17.9 Å². The minimum Gasteiger partial charge on any atom is -0.508 e. The van der Waals surface area contributed by atoms with Crippen molar-refractivity contribution in [3.63, 3.8) is 0 Å². The van der Waals surface area contributed by atoms with Crippen LogP contribution in [0.2, 0.25) is 0 Å². The molecule has 10 heteroatoms. The molecule has 0 spiro atoms. The Morgan fingerprint density at radius 3 is 1.97 bits per heavy atom. The highest BCUT2D eigenvalue weighted by Gasteiger charge is 2.38. The van der Waals surface area contributed by atoms with Crippen LogP contribution in [0.15, 0.2) is 24.0 Å². The van der Waals surface area contributed by atoms with Gasteiger partial charge in [-0.1, -0.05) is 19.9 Å². The first-order valence-corrected chi connectivity index (χ1v) is 9.97. The summed E-state index contributed by atoms with van der Waals surface area (Å²) in [4.78, 5) is 37.2. The molecule has 1 aliphatic rings. The largest absolute Gasteiger partial charge is 0.508 e. The molecule has 1 atom stereocenters. The molecule has 170 valence electrons. The van der Waals surface area contributed by atoms with Crippen LogP contribution in [0, 0.1) is 5.92 Å². The SMILES string of the molecule is CC/C=C(O)\C=C/C(C)CC1(NCC(=O)O)CN(CC(=O)O)CCN(CC(=O)O)C1. The lowest BCUT2D eigenvalue weighted by molar-refractivity contribution is -0.139. The van der Waals surface area contributed by atoms with Crippen molar-refractivity contribution in [1.29, 1.82) is 0 Å². The Hall–Kier alpha value is -2.43. The maximum atomic E-state index is 11.3. The lowest BCUT2D eigenvalue weighted by Gasteiger charge is -2.39. The average Bonchev–Trinajstić information content (AvgIpc) is 2.77. The molecule has 0 saturated carbocycles. The van der Waals surface area contributed by atoms with Crippen molar-refractivity contribution in [1.82, 2.24) is 15.1 Å². The number of aliphatic hydroxyl groups excluding tert-OH is 1. The van der Waals surface area contributed by atoms with E-state index in [9.17, 15) is 34.8 Å². The Balaban J connectivity index is 3.16. The van der Waals surface area contributed by atoms with Crippen molar-refractivity contribution in [2.24, 2.45) is 5.92 Å². The second-order valence-electron chi connectivity index (χ2n) is 7.81. The Bertz CT molecular complexity index is 637. The second kappa shape index (κ2) is 12.3. The molecule has 0 bridgehead atoms. The summed E-state index contributed by atoms with van der Waals surface area (Å²) >= 11 is 0. The van der Waals surface area contributed by atoms with Crippen molar-refractivity contribution in [3.05, 3.63) is 24.0 Å². The highest BCUT2D eigenvalue weighted by Crippen LogP contribution is 2.24. The summed E-state index contributed by atoms with van der Waals surface area (Å²) in [5.41, 5.74) is -0.840. The van der Waals surface area contributed by atoms with E-state index in [1.54, 1.807) is 28.0 Å². The fraction of sp³-hybridized carbons (Fsp3) is 0.650. The Labute approximate surface area is 176 Å². The minimum atomic E-state index is -1.06. The molecule has 30 heavy (non-hydrogen) atoms. The predicted molar refractivity (Wildman–Crippen MR) is 110 cm³/mol. The topological polar surface area (TPSA) is 151 Å². The van der Waals surface area contributed by atoms with Crippen LogP contribution in [0.4, 0.5) is 0 Å². The zero-order chi connectivity index (χ0) is 22.7. The Morgan fingerprint density at radius 1 is 1.00 bits per heavy atom. The third-order valence-corrected chi connectivity index (χ3v) is 4.84. The zero-order valence-corrected chi connectivity index (χ0v) is 17.6. The van der Waals surface area contributed by atoms with Crippen molar-refractivity contribution < 1.29 is 34.8 Å². The molecule has 1 unspecified atom stereocenters. The Morgan fingerprint density at radius 2 is 1.53 bits per heavy atom. The van der Waals surface area contributed by atoms with Gasteiger partial charge in [-0.3, -0.25) is 29.5 Å². The van der Waals surface area contributed by atoms with E-state index in [1.165, 1.54) is 0 Å². The van der Waals surface area contributed by atoms with E-state index in [0.717, 1.165) is 0 Å². The third-order valence-electron chi connectivity index (χ3n) is 4.84. The first-order chi connectivity index (χ1) is 14.0. The first kappa shape index (κ1) is 25.6. The predicted octanol–water partition coefficient (Wildman–Crippen LogP) is 0.621. The number of aliphatic carboxylic acids is 3. The van der Waals surface area contributed by atoms with Crippen LogP contribution < -0.4 is 5.32 Å². The number of nitrogens with zero attached hydrogens (tertiary/aromatic N) is 2. The first-order valence-electron chi connectivity index (χ1n) is 9.97. The number of carboxylic acids is 3. The molecule has 10 nitrogen and oxygen atoms in total. The molecule has 0 amide bonds. The van der Waals surface area contributed by atoms with Crippen molar-refractivity contribution in [3.8, 4) is 0 Å². The van der Waals surface area contributed by atoms with Crippen LogP contribution in [0.25, 0.3) is 0 Å². The molecule has 0 aliphatic carbocycles. The van der Waals surface area contributed by atoms with Gasteiger partial charge in [0.15, 0.2) is 0 Å². The van der Waals surface area contributed by atoms with Crippen LogP contribution in [-0.4, -0.2) is 99.5 Å². The van der Waals surface area contributed by atoms with E-state index in [-0.39, 0.29) is 44.4 Å². The molecule has 1 rings (SSSR count). The number of carboxylic acid groups (broad SMARTS) is 3. The van der Waals surface area contributed by atoms with Crippen LogP contribution in [0.3, 0.4) is 0 Å². The molecule has 0 aromatic carbocycles. The van der Waals surface area contributed by atoms with Gasteiger partial charge in [0.25, 0.3) is 0 Å². The van der Waals surface area contributed by atoms with Crippen LogP contribution in [-0.2, 0) is 14.4 Å². The fourth-order valence-corrected chi connectivity index (χ4v) is 3.80. The van der Waals surface area contributed by atoms with Gasteiger partial charge in [0.1, 0.15) is 5.76 Å². The fourth-order valence-electron chi connectivity index (χ4n) is 3.80. The van der Waals surface area contributed by atoms with E-state index in [4.69, 9.17) is 0 Å². The number of allylic oxidation sites excluding steroid dienone is 3. The maximum Gasteiger partial charge on any atom is 0.317 e. The summed E-state index contributed by atoms with van der Waals surface area (Å²) in [6.07, 6.45) is 6.17. The normalized spacial score (nSPS) is 19.5. The van der Waals surface area contributed by atoms with Gasteiger partial charge in [-0.2, -0.15) is 0 Å². The number of rotatable bonds is 12. The summed E-state index contributed by atoms with van der Waals surface area (Å²) in [5.74, 6) is -3.01. The number of nitrogens with one attached hydrogen (secondary N) is 1. The molecular weight excluding hydrogens is 394 g/mol. The van der Waals surface area contributed by atoms with Gasteiger partial charge in [0, 0.05) is 31.7 Å². The second-order valence-corrected chi connectivity index (χ2v) is 7.81. The summed E-state index contributed by atoms with van der Waals surface area (Å²) < 4.78 is 0. The lowest BCUT2D eigenvalue weighted by atomic mass is 9.86. The van der Waals surface area contributed by atoms with Gasteiger partial charge in [-0.25, -0.2) is 0 Å². The van der Waals surface area contributed by atoms with Crippen LogP contribution in [0.1, 0.15) is 26.7 Å². The molecule has 5 N–H and O–H groups in total. The number of hydrogen-bond donors (Lipinski definition) is 5. The van der Waals surface area contributed by atoms with Gasteiger partial charge in [-0.15, -0.1) is 0 Å². The van der Waals surface area contributed by atoms with Gasteiger partial charge in [0.2, 0.25) is 0 Å². The monoisotopic (exact) mass is 427 g/mol. The van der Waals surface area contributed by atoms with Crippen LogP contribution in [0.5, 0.6) is 0 Å². The molecule has 1 aliphatic heterocycles. The van der Waals surface area contributed by atoms with E-state index in [1.807, 2.05) is 13.8 Å². The summed E-state index contributed by atoms with van der Waals surface area (Å²) in [7, 11) is 0. The highest BCUT2D eigenvalue weighted by molar-refractivity contribution is 5.70. The molecule has 1 fully saturated rings. The molecular formula is C20H33N3O7. The van der Waals surface area contributed by atoms with Gasteiger partial charge in [-0.05, 0) is 30.9 Å². The van der Waals surface area contributed by atoms with E-state index in [0.29, 0.717) is 25.9 Å². The number of carbonyl (C=O) groups is 3. The standard InChI is InChI=1S/C20H33N3O7/c1-3-4-16(24)6-5-15(2)9-20(21-10-17(25)26)13-22(11-18(27)28)7-8-23(14-20)12-19(29)30/h4-6,15,21,24H,3,7-14H2,1-2H3,(H,25,26)(H,27,28)(H,29,30)/b6-5-,16-4+. The summed E-state index contributed by atoms with van der Waals surface area (Å²) in [5, 5.41) is 40.5. The molecule has 1 heterocycles. The Kier molecular flexibility index (Phi) is 10.5. The van der Waals surface area contributed by atoms with Crippen LogP contribution >= 0.6 is 0 Å². The summed E-state index contributed by atoms with van der Waals surface area (Å²) in [6, 6.07) is 0. The zero-order valence-electron chi connectivity index (χ0n) is 17.6. The molecule has 0 aromatic rings. The average molecular weight is 427 g/mol. The smallest absolute Gasteiger partial charge is 0.317 e. The lowest BCUT2D eigenvalue weighted by Crippen LogP contribution is -2.59. The summed E-state index contributed by atoms with van der Waals surface area (Å²) in [6.45, 7) is 4.28. The van der Waals surface area contributed by atoms with Gasteiger partial charge >= 0.3 is 17.9 Å². The van der Waals surface area contributed by atoms with Crippen molar-refractivity contribution in [2.75, 3.05) is 45.8 Å². The minimum absolute atomic E-state index is 0.0878. The molecule has 0 radical (unpaired) electrons.